The van der Waals surface area contributed by atoms with E-state index in [2.05, 4.69) is 21.9 Å². The molecule has 4 rings (SSSR count). The topological polar surface area (TPSA) is 83.7 Å². The van der Waals surface area contributed by atoms with E-state index in [-0.39, 0.29) is 11.7 Å². The molecule has 6 nitrogen and oxygen atoms in total. The fourth-order valence-electron chi connectivity index (χ4n) is 4.40. The Hall–Kier alpha value is -2.38. The number of nitrogens with two attached hydrogens (primary N) is 1. The third kappa shape index (κ3) is 3.89. The summed E-state index contributed by atoms with van der Waals surface area (Å²) in [4.78, 5) is 19.8. The van der Waals surface area contributed by atoms with Crippen molar-refractivity contribution >= 4 is 11.0 Å². The number of H-pyrrole nitrogens is 1. The molecule has 1 saturated heterocycles. The molecule has 3 N–H and O–H groups in total. The van der Waals surface area contributed by atoms with Gasteiger partial charge in [0.25, 0.3) is 0 Å². The van der Waals surface area contributed by atoms with Crippen LogP contribution in [0.25, 0.3) is 22.4 Å². The first-order chi connectivity index (χ1) is 14.0. The maximum absolute atomic E-state index is 13.9. The van der Waals surface area contributed by atoms with Crippen molar-refractivity contribution < 1.29 is 4.39 Å². The fourth-order valence-corrected chi connectivity index (χ4v) is 4.40. The number of fused-ring (bicyclic) bond motifs is 1. The van der Waals surface area contributed by atoms with Gasteiger partial charge in [0.1, 0.15) is 17.5 Å². The summed E-state index contributed by atoms with van der Waals surface area (Å²) in [6, 6.07) is 3.18. The second-order valence-corrected chi connectivity index (χ2v) is 8.21. The van der Waals surface area contributed by atoms with E-state index in [4.69, 9.17) is 15.7 Å². The summed E-state index contributed by atoms with van der Waals surface area (Å²) in [5, 5.41) is 0. The van der Waals surface area contributed by atoms with Crippen molar-refractivity contribution in [3.8, 4) is 11.4 Å². The summed E-state index contributed by atoms with van der Waals surface area (Å²) in [6.07, 6.45) is 5.05. The molecular formula is C22H29FN6. The lowest BCUT2D eigenvalue weighted by Crippen LogP contribution is -2.33. The molecule has 0 aliphatic carbocycles. The van der Waals surface area contributed by atoms with Crippen molar-refractivity contribution in [2.75, 3.05) is 26.7 Å². The van der Waals surface area contributed by atoms with Crippen LogP contribution in [0.1, 0.15) is 42.3 Å². The Morgan fingerprint density at radius 1 is 1.24 bits per heavy atom. The number of imidazole rings is 1. The van der Waals surface area contributed by atoms with E-state index >= 15 is 0 Å². The monoisotopic (exact) mass is 396 g/mol. The number of rotatable bonds is 5. The molecule has 0 spiro atoms. The molecule has 2 aromatic heterocycles. The number of aromatic amines is 1. The minimum atomic E-state index is -0.248. The lowest BCUT2D eigenvalue weighted by molar-refractivity contribution is 0.191. The summed E-state index contributed by atoms with van der Waals surface area (Å²) < 4.78 is 13.9. The van der Waals surface area contributed by atoms with E-state index in [1.54, 1.807) is 13.0 Å². The molecule has 3 aromatic rings. The molecule has 154 valence electrons. The van der Waals surface area contributed by atoms with E-state index in [0.29, 0.717) is 29.4 Å². The zero-order chi connectivity index (χ0) is 20.5. The Labute approximate surface area is 170 Å². The summed E-state index contributed by atoms with van der Waals surface area (Å²) in [6.45, 7) is 6.58. The van der Waals surface area contributed by atoms with Gasteiger partial charge in [-0.3, -0.25) is 0 Å². The van der Waals surface area contributed by atoms with Crippen molar-refractivity contribution in [2.45, 2.75) is 39.0 Å². The number of halogens is 1. The van der Waals surface area contributed by atoms with Crippen LogP contribution in [0, 0.1) is 25.6 Å². The van der Waals surface area contributed by atoms with Crippen LogP contribution in [-0.2, 0) is 0 Å². The van der Waals surface area contributed by atoms with Crippen LogP contribution in [0.4, 0.5) is 4.39 Å². The summed E-state index contributed by atoms with van der Waals surface area (Å²) >= 11 is 0. The number of nitrogens with zero attached hydrogens (tertiary/aromatic N) is 4. The first kappa shape index (κ1) is 19.9. The highest BCUT2D eigenvalue weighted by molar-refractivity contribution is 5.82. The number of hydrogen-bond donors (Lipinski definition) is 2. The third-order valence-corrected chi connectivity index (χ3v) is 6.24. The van der Waals surface area contributed by atoms with Crippen molar-refractivity contribution in [2.24, 2.45) is 11.7 Å². The number of benzene rings is 1. The Balaban J connectivity index is 1.65. The number of piperidine rings is 1. The van der Waals surface area contributed by atoms with Gasteiger partial charge in [-0.1, -0.05) is 0 Å². The Morgan fingerprint density at radius 3 is 2.69 bits per heavy atom. The average Bonchev–Trinajstić information content (AvgIpc) is 3.14. The predicted molar refractivity (Wildman–Crippen MR) is 113 cm³/mol. The van der Waals surface area contributed by atoms with Gasteiger partial charge in [-0.05, 0) is 77.8 Å². The number of aromatic nitrogens is 4. The largest absolute Gasteiger partial charge is 0.338 e. The molecule has 1 aliphatic rings. The molecular weight excluding hydrogens is 367 g/mol. The van der Waals surface area contributed by atoms with Gasteiger partial charge >= 0.3 is 0 Å². The van der Waals surface area contributed by atoms with Crippen LogP contribution in [0.15, 0.2) is 18.3 Å². The smallest absolute Gasteiger partial charge is 0.141 e. The summed E-state index contributed by atoms with van der Waals surface area (Å²) in [7, 11) is 2.17. The first-order valence-electron chi connectivity index (χ1n) is 10.3. The molecule has 7 heteroatoms. The standard InChI is InChI=1S/C22H29FN6/c1-13-18(23)4-5-19-20(13)28-22(27-19)17-12-25-21(26-14(17)2)16(6-9-24)15-7-10-29(3)11-8-15/h4-5,12,15-16H,6-11,24H2,1-3H3,(H,27,28). The van der Waals surface area contributed by atoms with Crippen LogP contribution in [0.2, 0.25) is 0 Å². The molecule has 0 saturated carbocycles. The van der Waals surface area contributed by atoms with E-state index in [9.17, 15) is 4.39 Å². The minimum Gasteiger partial charge on any atom is -0.338 e. The Kier molecular flexibility index (Phi) is 5.61. The lowest BCUT2D eigenvalue weighted by Gasteiger charge is -2.33. The van der Waals surface area contributed by atoms with Gasteiger partial charge in [0.2, 0.25) is 0 Å². The quantitative estimate of drug-likeness (QED) is 0.689. The molecule has 0 bridgehead atoms. The molecule has 0 radical (unpaired) electrons. The second-order valence-electron chi connectivity index (χ2n) is 8.21. The molecule has 3 heterocycles. The first-order valence-corrected chi connectivity index (χ1v) is 10.3. The highest BCUT2D eigenvalue weighted by Gasteiger charge is 2.28. The van der Waals surface area contributed by atoms with Gasteiger partial charge in [-0.15, -0.1) is 0 Å². The molecule has 1 fully saturated rings. The second kappa shape index (κ2) is 8.16. The van der Waals surface area contributed by atoms with Crippen LogP contribution in [0.5, 0.6) is 0 Å². The minimum absolute atomic E-state index is 0.248. The van der Waals surface area contributed by atoms with Crippen molar-refractivity contribution in [3.05, 3.63) is 41.2 Å². The van der Waals surface area contributed by atoms with Crippen molar-refractivity contribution in [1.29, 1.82) is 0 Å². The van der Waals surface area contributed by atoms with Gasteiger partial charge < -0.3 is 15.6 Å². The van der Waals surface area contributed by atoms with Crippen LogP contribution in [-0.4, -0.2) is 51.5 Å². The van der Waals surface area contributed by atoms with E-state index in [1.165, 1.54) is 6.07 Å². The highest BCUT2D eigenvalue weighted by atomic mass is 19.1. The SMILES string of the molecule is Cc1nc(C(CCN)C2CCN(C)CC2)ncc1-c1nc2c(C)c(F)ccc2[nH]1. The molecule has 1 unspecified atom stereocenters. The predicted octanol–water partition coefficient (Wildman–Crippen LogP) is 3.55. The molecule has 29 heavy (non-hydrogen) atoms. The average molecular weight is 397 g/mol. The highest BCUT2D eigenvalue weighted by Crippen LogP contribution is 2.34. The molecule has 1 atom stereocenters. The van der Waals surface area contributed by atoms with Crippen LogP contribution in [0.3, 0.4) is 0 Å². The summed E-state index contributed by atoms with van der Waals surface area (Å²) in [5.41, 5.74) is 9.65. The maximum atomic E-state index is 13.9. The molecule has 1 aromatic carbocycles. The van der Waals surface area contributed by atoms with E-state index in [0.717, 1.165) is 55.0 Å². The zero-order valence-corrected chi connectivity index (χ0v) is 17.4. The Morgan fingerprint density at radius 2 is 2.00 bits per heavy atom. The number of nitrogens with one attached hydrogen (secondary N) is 1. The van der Waals surface area contributed by atoms with Gasteiger partial charge in [0.15, 0.2) is 0 Å². The normalized spacial score (nSPS) is 17.1. The van der Waals surface area contributed by atoms with Crippen LogP contribution >= 0.6 is 0 Å². The fraction of sp³-hybridized carbons (Fsp3) is 0.500. The zero-order valence-electron chi connectivity index (χ0n) is 17.4. The van der Waals surface area contributed by atoms with Crippen molar-refractivity contribution in [1.82, 2.24) is 24.8 Å². The third-order valence-electron chi connectivity index (χ3n) is 6.24. The number of aryl methyl sites for hydroxylation is 2. The van der Waals surface area contributed by atoms with Gasteiger partial charge in [-0.2, -0.15) is 0 Å². The van der Waals surface area contributed by atoms with E-state index < -0.39 is 0 Å². The van der Waals surface area contributed by atoms with Gasteiger partial charge in [0, 0.05) is 17.7 Å². The van der Waals surface area contributed by atoms with Gasteiger partial charge in [-0.25, -0.2) is 19.3 Å². The number of likely N-dealkylation sites (tertiary alicyclic amines) is 1. The Bertz CT molecular complexity index is 1010. The van der Waals surface area contributed by atoms with Crippen LogP contribution < -0.4 is 5.73 Å². The van der Waals surface area contributed by atoms with Crippen molar-refractivity contribution in [3.63, 3.8) is 0 Å². The van der Waals surface area contributed by atoms with E-state index in [1.807, 2.05) is 13.1 Å². The molecule has 0 amide bonds. The van der Waals surface area contributed by atoms with Gasteiger partial charge in [0.05, 0.1) is 22.3 Å². The summed E-state index contributed by atoms with van der Waals surface area (Å²) in [5.74, 6) is 2.16. The maximum Gasteiger partial charge on any atom is 0.141 e. The lowest BCUT2D eigenvalue weighted by atomic mass is 9.81. The number of hydrogen-bond acceptors (Lipinski definition) is 5. The molecule has 1 aliphatic heterocycles.